The lowest BCUT2D eigenvalue weighted by Gasteiger charge is -2.30. The van der Waals surface area contributed by atoms with Gasteiger partial charge in [-0.1, -0.05) is 28.9 Å². The molecule has 0 saturated carbocycles. The highest BCUT2D eigenvalue weighted by Crippen LogP contribution is 2.31. The quantitative estimate of drug-likeness (QED) is 0.447. The summed E-state index contributed by atoms with van der Waals surface area (Å²) in [5.74, 6) is 0.415. The van der Waals surface area contributed by atoms with E-state index in [1.54, 1.807) is 4.90 Å². The fourth-order valence-corrected chi connectivity index (χ4v) is 4.46. The Bertz CT molecular complexity index is 1320. The van der Waals surface area contributed by atoms with Crippen molar-refractivity contribution in [2.24, 2.45) is 7.05 Å². The molecular formula is C23H21ClFN5O2. The van der Waals surface area contributed by atoms with E-state index < -0.39 is 5.82 Å². The number of hydrogen-bond donors (Lipinski definition) is 0. The molecule has 0 spiro atoms. The minimum Gasteiger partial charge on any atom is -0.339 e. The van der Waals surface area contributed by atoms with Gasteiger partial charge in [-0.15, -0.1) is 0 Å². The van der Waals surface area contributed by atoms with Crippen LogP contribution >= 0.6 is 11.6 Å². The van der Waals surface area contributed by atoms with Crippen LogP contribution in [0.1, 0.15) is 40.7 Å². The molecule has 32 heavy (non-hydrogen) atoms. The van der Waals surface area contributed by atoms with Crippen LogP contribution in [0.3, 0.4) is 0 Å². The second kappa shape index (κ2) is 8.02. The van der Waals surface area contributed by atoms with Crippen molar-refractivity contribution in [3.05, 3.63) is 64.4 Å². The number of amides is 1. The second-order valence-corrected chi connectivity index (χ2v) is 8.50. The van der Waals surface area contributed by atoms with Gasteiger partial charge in [-0.2, -0.15) is 10.1 Å². The molecule has 0 N–H and O–H groups in total. The lowest BCUT2D eigenvalue weighted by molar-refractivity contribution is 0.0704. The number of fused-ring (bicyclic) bond motifs is 1. The van der Waals surface area contributed by atoms with Crippen molar-refractivity contribution < 1.29 is 13.7 Å². The zero-order valence-electron chi connectivity index (χ0n) is 17.7. The van der Waals surface area contributed by atoms with Gasteiger partial charge in [0.25, 0.3) is 5.91 Å². The fraction of sp³-hybridized carbons (Fsp3) is 0.304. The first kappa shape index (κ1) is 20.6. The molecule has 0 aliphatic carbocycles. The molecule has 0 atom stereocenters. The maximum absolute atomic E-state index is 13.5. The molecule has 2 aromatic carbocycles. The number of likely N-dealkylation sites (tertiary alicyclic amines) is 1. The van der Waals surface area contributed by atoms with Crippen LogP contribution in [-0.4, -0.2) is 43.8 Å². The standard InChI is InChI=1S/C23H21ClFN5O2/c1-13-17-5-3-15(11-20(17)29(2)27-13)21-26-22(32-28-21)14-7-9-30(10-8-14)23(31)18-12-16(25)4-6-19(18)24/h3-6,11-12,14H,7-10H2,1-2H3. The average molecular weight is 454 g/mol. The van der Waals surface area contributed by atoms with Crippen molar-refractivity contribution in [2.45, 2.75) is 25.7 Å². The minimum atomic E-state index is -0.481. The first-order valence-corrected chi connectivity index (χ1v) is 10.8. The number of benzene rings is 2. The summed E-state index contributed by atoms with van der Waals surface area (Å²) < 4.78 is 21.0. The van der Waals surface area contributed by atoms with Gasteiger partial charge in [0.1, 0.15) is 5.82 Å². The van der Waals surface area contributed by atoms with Crippen LogP contribution in [0.4, 0.5) is 4.39 Å². The van der Waals surface area contributed by atoms with Crippen LogP contribution in [-0.2, 0) is 7.05 Å². The largest absolute Gasteiger partial charge is 0.339 e. The summed E-state index contributed by atoms with van der Waals surface area (Å²) in [6, 6.07) is 9.82. The number of piperidine rings is 1. The summed E-state index contributed by atoms with van der Waals surface area (Å²) in [5.41, 5.74) is 3.03. The normalized spacial score (nSPS) is 14.9. The van der Waals surface area contributed by atoms with Crippen LogP contribution in [0.25, 0.3) is 22.3 Å². The van der Waals surface area contributed by atoms with Crippen molar-refractivity contribution in [2.75, 3.05) is 13.1 Å². The van der Waals surface area contributed by atoms with Gasteiger partial charge in [-0.05, 0) is 44.0 Å². The van der Waals surface area contributed by atoms with Crippen LogP contribution in [0, 0.1) is 12.7 Å². The highest BCUT2D eigenvalue weighted by atomic mass is 35.5. The summed E-state index contributed by atoms with van der Waals surface area (Å²) in [7, 11) is 1.91. The number of rotatable bonds is 3. The van der Waals surface area contributed by atoms with Gasteiger partial charge >= 0.3 is 0 Å². The Kier molecular flexibility index (Phi) is 5.17. The van der Waals surface area contributed by atoms with E-state index >= 15 is 0 Å². The fourth-order valence-electron chi connectivity index (χ4n) is 4.26. The number of hydrogen-bond acceptors (Lipinski definition) is 5. The molecule has 1 aliphatic heterocycles. The number of carbonyl (C=O) groups excluding carboxylic acids is 1. The molecule has 0 bridgehead atoms. The lowest BCUT2D eigenvalue weighted by atomic mass is 9.96. The molecule has 5 rings (SSSR count). The summed E-state index contributed by atoms with van der Waals surface area (Å²) in [5, 5.41) is 9.96. The topological polar surface area (TPSA) is 77.0 Å². The summed E-state index contributed by atoms with van der Waals surface area (Å²) in [6.07, 6.45) is 1.36. The van der Waals surface area contributed by atoms with E-state index in [2.05, 4.69) is 15.2 Å². The van der Waals surface area contributed by atoms with Gasteiger partial charge in [-0.25, -0.2) is 4.39 Å². The Morgan fingerprint density at radius 2 is 1.97 bits per heavy atom. The highest BCUT2D eigenvalue weighted by Gasteiger charge is 2.29. The van der Waals surface area contributed by atoms with E-state index in [1.165, 1.54) is 18.2 Å². The molecule has 3 heterocycles. The molecule has 2 aromatic heterocycles. The van der Waals surface area contributed by atoms with Crippen LogP contribution in [0.15, 0.2) is 40.9 Å². The molecule has 1 fully saturated rings. The summed E-state index contributed by atoms with van der Waals surface area (Å²) >= 11 is 6.09. The molecule has 9 heteroatoms. The third-order valence-electron chi connectivity index (χ3n) is 6.03. The average Bonchev–Trinajstić information content (AvgIpc) is 3.40. The van der Waals surface area contributed by atoms with Crippen molar-refractivity contribution in [1.82, 2.24) is 24.8 Å². The molecule has 4 aromatic rings. The predicted molar refractivity (Wildman–Crippen MR) is 118 cm³/mol. The minimum absolute atomic E-state index is 0.0611. The lowest BCUT2D eigenvalue weighted by Crippen LogP contribution is -2.38. The predicted octanol–water partition coefficient (Wildman–Crippen LogP) is 4.74. The molecule has 7 nitrogen and oxygen atoms in total. The van der Waals surface area contributed by atoms with Crippen LogP contribution in [0.5, 0.6) is 0 Å². The zero-order chi connectivity index (χ0) is 22.4. The van der Waals surface area contributed by atoms with E-state index in [-0.39, 0.29) is 22.4 Å². The number of aromatic nitrogens is 4. The Morgan fingerprint density at radius 3 is 2.75 bits per heavy atom. The van der Waals surface area contributed by atoms with Gasteiger partial charge in [0.05, 0.1) is 21.8 Å². The summed E-state index contributed by atoms with van der Waals surface area (Å²) in [4.78, 5) is 19.1. The smallest absolute Gasteiger partial charge is 0.255 e. The third-order valence-corrected chi connectivity index (χ3v) is 6.36. The molecule has 0 unspecified atom stereocenters. The number of aryl methyl sites for hydroxylation is 2. The maximum atomic E-state index is 13.5. The SMILES string of the molecule is Cc1nn(C)c2cc(-c3noc(C4CCN(C(=O)c5cc(F)ccc5Cl)CC4)n3)ccc12. The number of halogens is 2. The van der Waals surface area contributed by atoms with Crippen molar-refractivity contribution in [1.29, 1.82) is 0 Å². The van der Waals surface area contributed by atoms with Crippen LogP contribution < -0.4 is 0 Å². The molecular weight excluding hydrogens is 433 g/mol. The van der Waals surface area contributed by atoms with E-state index in [4.69, 9.17) is 16.1 Å². The molecule has 1 aliphatic rings. The molecule has 1 amide bonds. The third kappa shape index (κ3) is 3.64. The first-order valence-electron chi connectivity index (χ1n) is 10.4. The van der Waals surface area contributed by atoms with Crippen molar-refractivity contribution >= 4 is 28.4 Å². The Balaban J connectivity index is 1.29. The van der Waals surface area contributed by atoms with Gasteiger partial charge in [0.15, 0.2) is 0 Å². The van der Waals surface area contributed by atoms with Gasteiger partial charge < -0.3 is 9.42 Å². The Labute approximate surface area is 188 Å². The van der Waals surface area contributed by atoms with E-state index in [0.29, 0.717) is 37.6 Å². The maximum Gasteiger partial charge on any atom is 0.255 e. The Morgan fingerprint density at radius 1 is 1.19 bits per heavy atom. The monoisotopic (exact) mass is 453 g/mol. The first-order chi connectivity index (χ1) is 15.4. The van der Waals surface area contributed by atoms with Gasteiger partial charge in [-0.3, -0.25) is 9.48 Å². The zero-order valence-corrected chi connectivity index (χ0v) is 18.4. The number of carbonyl (C=O) groups is 1. The summed E-state index contributed by atoms with van der Waals surface area (Å²) in [6.45, 7) is 3.00. The van der Waals surface area contributed by atoms with E-state index in [0.717, 1.165) is 22.2 Å². The van der Waals surface area contributed by atoms with E-state index in [1.807, 2.05) is 36.9 Å². The van der Waals surface area contributed by atoms with Crippen molar-refractivity contribution in [3.63, 3.8) is 0 Å². The second-order valence-electron chi connectivity index (χ2n) is 8.09. The molecule has 164 valence electrons. The highest BCUT2D eigenvalue weighted by molar-refractivity contribution is 6.33. The number of nitrogens with zero attached hydrogens (tertiary/aromatic N) is 5. The Hall–Kier alpha value is -3.26. The van der Waals surface area contributed by atoms with Crippen molar-refractivity contribution in [3.8, 4) is 11.4 Å². The van der Waals surface area contributed by atoms with Gasteiger partial charge in [0, 0.05) is 37.0 Å². The van der Waals surface area contributed by atoms with Gasteiger partial charge in [0.2, 0.25) is 11.7 Å². The van der Waals surface area contributed by atoms with Crippen LogP contribution in [0.2, 0.25) is 5.02 Å². The van der Waals surface area contributed by atoms with E-state index in [9.17, 15) is 9.18 Å². The molecule has 0 radical (unpaired) electrons. The molecule has 1 saturated heterocycles.